The molecule has 0 aromatic heterocycles. The molecule has 0 aliphatic carbocycles. The third-order valence-electron chi connectivity index (χ3n) is 4.88. The van der Waals surface area contributed by atoms with Crippen LogP contribution in [0.2, 0.25) is 6.43 Å². The zero-order chi connectivity index (χ0) is 30.2. The van der Waals surface area contributed by atoms with Crippen LogP contribution in [0.1, 0.15) is 55.8 Å². The van der Waals surface area contributed by atoms with Gasteiger partial charge in [-0.1, -0.05) is 35.9 Å². The van der Waals surface area contributed by atoms with Crippen LogP contribution in [0.15, 0.2) is 42.5 Å². The first-order chi connectivity index (χ1) is 18.2. The summed E-state index contributed by atoms with van der Waals surface area (Å²) in [6.45, 7) is -0.736. The molecule has 0 spiro atoms. The Bertz CT molecular complexity index is 1460. The zero-order valence-corrected chi connectivity index (χ0v) is 16.9. The molecule has 0 radical (unpaired) electrons. The molecule has 1 fully saturated rings. The number of rotatable bonds is 6. The van der Waals surface area contributed by atoms with Crippen LogP contribution in [0, 0.1) is 0 Å². The third-order valence-corrected chi connectivity index (χ3v) is 5.13. The maximum Gasteiger partial charge on any atom is 0.330 e. The van der Waals surface area contributed by atoms with Gasteiger partial charge < -0.3 is 4.90 Å². The van der Waals surface area contributed by atoms with E-state index >= 15 is 0 Å². The summed E-state index contributed by atoms with van der Waals surface area (Å²) in [5.41, 5.74) is -1.32. The number of ketones is 1. The van der Waals surface area contributed by atoms with E-state index < -0.39 is 78.4 Å². The van der Waals surface area contributed by atoms with Crippen LogP contribution in [-0.2, 0) is 33.2 Å². The first-order valence-corrected chi connectivity index (χ1v) is 9.59. The highest BCUT2D eigenvalue weighted by atomic mass is 35.5. The Hall–Kier alpha value is -3.13. The molecule has 6 nitrogen and oxygen atoms in total. The maximum atomic E-state index is 14.8. The molecule has 0 bridgehead atoms. The normalized spacial score (nSPS) is 28.4. The van der Waals surface area contributed by atoms with Gasteiger partial charge in [0, 0.05) is 43.7 Å². The molecule has 2 aliphatic rings. The molecule has 9 heteroatoms. The Morgan fingerprint density at radius 2 is 2.00 bits per heavy atom. The van der Waals surface area contributed by atoms with Crippen LogP contribution in [-0.4, -0.2) is 34.4 Å². The summed E-state index contributed by atoms with van der Waals surface area (Å²) >= 11 is 5.69. The Morgan fingerprint density at radius 3 is 2.72 bits per heavy atom. The van der Waals surface area contributed by atoms with Gasteiger partial charge in [0.05, 0.1) is 1.37 Å². The van der Waals surface area contributed by atoms with Crippen LogP contribution in [0.25, 0.3) is 0 Å². The Balaban J connectivity index is 1.65. The number of carbonyl (C=O) groups excluding carboxylic acids is 4. The van der Waals surface area contributed by atoms with Crippen molar-refractivity contribution in [1.82, 2.24) is 10.2 Å². The van der Waals surface area contributed by atoms with E-state index in [-0.39, 0.29) is 21.7 Å². The number of Topliss-reactive ketones (excluding diaryl/α,β-unsaturated/α-hetero) is 1. The number of nitrogens with zero attached hydrogens (tertiary/aromatic N) is 1. The maximum absolute atomic E-state index is 14.8. The van der Waals surface area contributed by atoms with Crippen LogP contribution in [0.5, 0.6) is 0 Å². The SMILES string of the molecule is [2H]N1C(=O)C([2H])([2H])C([2H])([2H])[C@]([2H])(N2Cc3cc(C([2H])([2H])CC(=O)C(F)(F)c4ccc(Cl)cc4)ccc3C2=O)C1=O. The number of alkyl halides is 2. The molecule has 3 amide bonds. The number of benzene rings is 2. The highest BCUT2D eigenvalue weighted by Crippen LogP contribution is 2.32. The average molecular weight is 469 g/mol. The van der Waals surface area contributed by atoms with Gasteiger partial charge in [-0.25, -0.2) is 0 Å². The molecule has 0 unspecified atom stereocenters. The van der Waals surface area contributed by atoms with E-state index in [2.05, 4.69) is 0 Å². The quantitative estimate of drug-likeness (QED) is 0.659. The van der Waals surface area contributed by atoms with Gasteiger partial charge in [0.2, 0.25) is 17.6 Å². The fourth-order valence-electron chi connectivity index (χ4n) is 3.25. The number of piperidine rings is 1. The number of hydrogen-bond donors (Lipinski definition) is 1. The van der Waals surface area contributed by atoms with E-state index in [9.17, 15) is 28.0 Å². The number of aryl methyl sites for hydroxylation is 1. The highest BCUT2D eigenvalue weighted by molar-refractivity contribution is 6.30. The smallest absolute Gasteiger partial charge is 0.322 e. The summed E-state index contributed by atoms with van der Waals surface area (Å²) < 4.78 is 94.2. The van der Waals surface area contributed by atoms with Crippen molar-refractivity contribution in [3.05, 3.63) is 69.7 Å². The lowest BCUT2D eigenvalue weighted by molar-refractivity contribution is -0.144. The lowest BCUT2D eigenvalue weighted by Crippen LogP contribution is -2.52. The second kappa shape index (κ2) is 8.43. The summed E-state index contributed by atoms with van der Waals surface area (Å²) in [5, 5.41) is -0.360. The van der Waals surface area contributed by atoms with Crippen LogP contribution in [0.4, 0.5) is 8.78 Å². The summed E-state index contributed by atoms with van der Waals surface area (Å²) in [5.74, 6) is -10.6. The monoisotopic (exact) mass is 468 g/mol. The molecule has 166 valence electrons. The average Bonchev–Trinajstić information content (AvgIpc) is 3.22. The molecular weight excluding hydrogens is 442 g/mol. The van der Waals surface area contributed by atoms with Crippen molar-refractivity contribution in [3.63, 3.8) is 0 Å². The Labute approximate surface area is 198 Å². The van der Waals surface area contributed by atoms with Crippen LogP contribution >= 0.6 is 11.6 Å². The largest absolute Gasteiger partial charge is 0.330 e. The lowest BCUT2D eigenvalue weighted by atomic mass is 9.97. The summed E-state index contributed by atoms with van der Waals surface area (Å²) in [7, 11) is 0. The van der Waals surface area contributed by atoms with Crippen molar-refractivity contribution in [2.75, 3.05) is 0 Å². The van der Waals surface area contributed by atoms with Crippen molar-refractivity contribution >= 4 is 35.1 Å². The molecule has 1 N–H and O–H groups in total. The minimum Gasteiger partial charge on any atom is -0.322 e. The van der Waals surface area contributed by atoms with E-state index in [0.29, 0.717) is 4.90 Å². The van der Waals surface area contributed by atoms with Crippen molar-refractivity contribution in [3.8, 4) is 0 Å². The van der Waals surface area contributed by atoms with E-state index in [4.69, 9.17) is 22.6 Å². The van der Waals surface area contributed by atoms with Gasteiger partial charge in [-0.15, -0.1) is 0 Å². The second-order valence-electron chi connectivity index (χ2n) is 6.94. The number of halogens is 3. The Kier molecular flexibility index (Phi) is 3.71. The van der Waals surface area contributed by atoms with Gasteiger partial charge in [-0.3, -0.25) is 24.5 Å². The molecule has 2 aromatic carbocycles. The van der Waals surface area contributed by atoms with Gasteiger partial charge >= 0.3 is 5.92 Å². The predicted octanol–water partition coefficient (Wildman–Crippen LogP) is 3.39. The van der Waals surface area contributed by atoms with Gasteiger partial charge in [0.25, 0.3) is 5.91 Å². The van der Waals surface area contributed by atoms with Gasteiger partial charge in [0.15, 0.2) is 1.41 Å². The van der Waals surface area contributed by atoms with E-state index in [0.717, 1.165) is 42.5 Å². The third kappa shape index (κ3) is 4.14. The predicted molar refractivity (Wildman–Crippen MR) is 111 cm³/mol. The van der Waals surface area contributed by atoms with Crippen molar-refractivity contribution in [2.24, 2.45) is 0 Å². The van der Waals surface area contributed by atoms with E-state index in [1.54, 1.807) is 0 Å². The minimum absolute atomic E-state index is 0.0764. The van der Waals surface area contributed by atoms with Crippen LogP contribution in [0.3, 0.4) is 0 Å². The molecule has 32 heavy (non-hydrogen) atoms. The number of nitrogens with one attached hydrogen (secondary N) is 1. The fourth-order valence-corrected chi connectivity index (χ4v) is 3.37. The number of hydrogen-bond acceptors (Lipinski definition) is 4. The van der Waals surface area contributed by atoms with E-state index in [1.807, 2.05) is 0 Å². The first-order valence-electron chi connectivity index (χ1n) is 13.2. The van der Waals surface area contributed by atoms with E-state index in [1.165, 1.54) is 0 Å². The molecule has 1 atom stereocenters. The summed E-state index contributed by atoms with van der Waals surface area (Å²) in [6, 6.07) is 3.86. The number of carbonyl (C=O) groups is 4. The fraction of sp³-hybridized carbons (Fsp3) is 0.304. The number of fused-ring (bicyclic) bond motifs is 1. The molecule has 2 aliphatic heterocycles. The number of imide groups is 1. The molecule has 2 heterocycles. The Morgan fingerprint density at radius 1 is 1.28 bits per heavy atom. The molecular formula is C23H19ClF2N2O4. The molecule has 4 rings (SSSR count). The number of amides is 3. The van der Waals surface area contributed by atoms with Crippen molar-refractivity contribution in [1.29, 1.82) is 0 Å². The summed E-state index contributed by atoms with van der Waals surface area (Å²) in [6.07, 6.45) is -11.1. The van der Waals surface area contributed by atoms with Crippen molar-refractivity contribution in [2.45, 2.75) is 44.0 Å². The zero-order valence-electron chi connectivity index (χ0n) is 24.1. The minimum atomic E-state index is -4.05. The van der Waals surface area contributed by atoms with Gasteiger partial charge in [-0.2, -0.15) is 8.78 Å². The standard InChI is InChI=1S/C23H19ClF2N2O4/c24-16-5-3-15(4-6-16)23(25,26)19(29)9-2-13-1-7-17-14(11-13)12-28(22(17)32)18-8-10-20(30)27-21(18)31/h1,3-7,11,18H,2,8-10,12H2,(H,27,30,31)/t18-/m0/s1/i2D2,8D2,10D2,18D/hD. The lowest BCUT2D eigenvalue weighted by Gasteiger charge is -2.29. The first kappa shape index (κ1) is 14.1. The molecule has 0 saturated carbocycles. The second-order valence-corrected chi connectivity index (χ2v) is 7.38. The highest BCUT2D eigenvalue weighted by Gasteiger charge is 2.41. The topological polar surface area (TPSA) is 83.6 Å². The van der Waals surface area contributed by atoms with Gasteiger partial charge in [0.1, 0.15) is 6.02 Å². The summed E-state index contributed by atoms with van der Waals surface area (Å²) in [4.78, 5) is 50.8. The molecule has 2 aromatic rings. The van der Waals surface area contributed by atoms with Crippen LogP contribution < -0.4 is 5.31 Å². The molecule has 1 saturated heterocycles. The van der Waals surface area contributed by atoms with Crippen molar-refractivity contribution < 1.29 is 39.0 Å². The van der Waals surface area contributed by atoms with Gasteiger partial charge in [-0.05, 0) is 42.1 Å².